The van der Waals surface area contributed by atoms with Crippen LogP contribution in [0.5, 0.6) is 0 Å². The Balaban J connectivity index is 1.59. The van der Waals surface area contributed by atoms with E-state index in [1.165, 1.54) is 18.2 Å². The highest BCUT2D eigenvalue weighted by atomic mass is 19.1. The Bertz CT molecular complexity index is 950. The molecule has 3 aromatic rings. The molecule has 0 aliphatic carbocycles. The number of carboxylic acid groups (broad SMARTS) is 1. The molecule has 0 aliphatic heterocycles. The Kier molecular flexibility index (Phi) is 5.61. The number of hydrogen-bond acceptors (Lipinski definition) is 2. The molecule has 5 heteroatoms. The smallest absolute Gasteiger partial charge is 0.337 e. The van der Waals surface area contributed by atoms with Crippen LogP contribution in [0.3, 0.4) is 0 Å². The van der Waals surface area contributed by atoms with Crippen LogP contribution in [0, 0.1) is 5.82 Å². The first-order valence-corrected chi connectivity index (χ1v) is 8.50. The second-order valence-corrected chi connectivity index (χ2v) is 6.10. The van der Waals surface area contributed by atoms with Gasteiger partial charge < -0.3 is 10.4 Å². The summed E-state index contributed by atoms with van der Waals surface area (Å²) in [5.74, 6) is -1.60. The van der Waals surface area contributed by atoms with Crippen LogP contribution in [0.25, 0.3) is 11.1 Å². The summed E-state index contributed by atoms with van der Waals surface area (Å²) in [6.07, 6.45) is 0.772. The summed E-state index contributed by atoms with van der Waals surface area (Å²) in [4.78, 5) is 23.3. The molecule has 27 heavy (non-hydrogen) atoms. The number of benzene rings is 3. The summed E-state index contributed by atoms with van der Waals surface area (Å²) in [6, 6.07) is 20.3. The molecule has 4 nitrogen and oxygen atoms in total. The normalized spacial score (nSPS) is 10.4. The van der Waals surface area contributed by atoms with Gasteiger partial charge in [0.25, 0.3) is 0 Å². The van der Waals surface area contributed by atoms with Crippen molar-refractivity contribution in [3.8, 4) is 11.1 Å². The van der Waals surface area contributed by atoms with Gasteiger partial charge in [0.15, 0.2) is 0 Å². The van der Waals surface area contributed by atoms with Gasteiger partial charge >= 0.3 is 5.97 Å². The molecule has 0 atom stereocenters. The van der Waals surface area contributed by atoms with Gasteiger partial charge in [-0.25, -0.2) is 9.18 Å². The fourth-order valence-electron chi connectivity index (χ4n) is 2.76. The van der Waals surface area contributed by atoms with E-state index in [0.717, 1.165) is 16.7 Å². The van der Waals surface area contributed by atoms with Crippen molar-refractivity contribution in [2.45, 2.75) is 12.8 Å². The zero-order valence-corrected chi connectivity index (χ0v) is 14.5. The van der Waals surface area contributed by atoms with E-state index in [2.05, 4.69) is 5.32 Å². The van der Waals surface area contributed by atoms with Gasteiger partial charge in [-0.1, -0.05) is 48.5 Å². The molecule has 3 aromatic carbocycles. The van der Waals surface area contributed by atoms with Gasteiger partial charge in [0.2, 0.25) is 5.91 Å². The monoisotopic (exact) mass is 363 g/mol. The Labute approximate surface area is 156 Å². The zero-order valence-electron chi connectivity index (χ0n) is 14.5. The van der Waals surface area contributed by atoms with E-state index in [9.17, 15) is 14.0 Å². The van der Waals surface area contributed by atoms with Gasteiger partial charge in [0.1, 0.15) is 5.82 Å². The maximum atomic E-state index is 13.0. The van der Waals surface area contributed by atoms with Crippen LogP contribution in [0.2, 0.25) is 0 Å². The number of halogens is 1. The number of aromatic carboxylic acids is 1. The maximum absolute atomic E-state index is 13.0. The van der Waals surface area contributed by atoms with Crippen LogP contribution >= 0.6 is 0 Å². The Morgan fingerprint density at radius 1 is 0.852 bits per heavy atom. The third-order valence-electron chi connectivity index (χ3n) is 4.20. The molecule has 3 rings (SSSR count). The van der Waals surface area contributed by atoms with E-state index >= 15 is 0 Å². The zero-order chi connectivity index (χ0) is 19.2. The number of hydrogen-bond donors (Lipinski definition) is 2. The SMILES string of the molecule is O=C(CCc1ccc(-c2ccc(F)cc2)cc1)Nc1ccccc1C(=O)O. The van der Waals surface area contributed by atoms with Gasteiger partial charge in [0.05, 0.1) is 11.3 Å². The van der Waals surface area contributed by atoms with E-state index in [4.69, 9.17) is 5.11 Å². The molecule has 0 aromatic heterocycles. The van der Waals surface area contributed by atoms with E-state index in [0.29, 0.717) is 12.1 Å². The Hall–Kier alpha value is -3.47. The highest BCUT2D eigenvalue weighted by Gasteiger charge is 2.11. The molecule has 136 valence electrons. The lowest BCUT2D eigenvalue weighted by Crippen LogP contribution is -2.15. The maximum Gasteiger partial charge on any atom is 0.337 e. The van der Waals surface area contributed by atoms with Gasteiger partial charge in [-0.05, 0) is 47.4 Å². The molecule has 1 amide bonds. The van der Waals surface area contributed by atoms with Gasteiger partial charge in [0, 0.05) is 6.42 Å². The predicted molar refractivity (Wildman–Crippen MR) is 102 cm³/mol. The van der Waals surface area contributed by atoms with Crippen LogP contribution in [0.15, 0.2) is 72.8 Å². The van der Waals surface area contributed by atoms with E-state index in [-0.39, 0.29) is 23.7 Å². The van der Waals surface area contributed by atoms with E-state index in [1.54, 1.807) is 30.3 Å². The average Bonchev–Trinajstić information content (AvgIpc) is 2.68. The minimum absolute atomic E-state index is 0.0644. The summed E-state index contributed by atoms with van der Waals surface area (Å²) in [7, 11) is 0. The number of rotatable bonds is 6. The number of anilines is 1. The van der Waals surface area contributed by atoms with Crippen molar-refractivity contribution in [1.29, 1.82) is 0 Å². The number of carbonyl (C=O) groups is 2. The molecule has 0 radical (unpaired) electrons. The first kappa shape index (κ1) is 18.3. The van der Waals surface area contributed by atoms with E-state index < -0.39 is 5.97 Å². The minimum Gasteiger partial charge on any atom is -0.478 e. The summed E-state index contributed by atoms with van der Waals surface area (Å²) in [5.41, 5.74) is 3.24. The van der Waals surface area contributed by atoms with Crippen LogP contribution in [-0.2, 0) is 11.2 Å². The van der Waals surface area contributed by atoms with Gasteiger partial charge in [-0.3, -0.25) is 4.79 Å². The van der Waals surface area contributed by atoms with Gasteiger partial charge in [-0.2, -0.15) is 0 Å². The fraction of sp³-hybridized carbons (Fsp3) is 0.0909. The van der Waals surface area contributed by atoms with Crippen molar-refractivity contribution < 1.29 is 19.1 Å². The first-order chi connectivity index (χ1) is 13.0. The van der Waals surface area contributed by atoms with Crippen molar-refractivity contribution in [3.63, 3.8) is 0 Å². The average molecular weight is 363 g/mol. The molecule has 0 unspecified atom stereocenters. The lowest BCUT2D eigenvalue weighted by molar-refractivity contribution is -0.116. The molecule has 0 bridgehead atoms. The minimum atomic E-state index is -1.08. The van der Waals surface area contributed by atoms with Crippen molar-refractivity contribution in [2.75, 3.05) is 5.32 Å². The molecule has 0 saturated carbocycles. The predicted octanol–water partition coefficient (Wildman–Crippen LogP) is 4.76. The van der Waals surface area contributed by atoms with Crippen molar-refractivity contribution in [2.24, 2.45) is 0 Å². The summed E-state index contributed by atoms with van der Waals surface area (Å²) < 4.78 is 13.0. The fourth-order valence-corrected chi connectivity index (χ4v) is 2.76. The van der Waals surface area contributed by atoms with Crippen LogP contribution in [0.1, 0.15) is 22.3 Å². The number of carboxylic acids is 1. The molecule has 0 heterocycles. The highest BCUT2D eigenvalue weighted by Crippen LogP contribution is 2.21. The number of aryl methyl sites for hydroxylation is 1. The second-order valence-electron chi connectivity index (χ2n) is 6.10. The van der Waals surface area contributed by atoms with Crippen LogP contribution in [-0.4, -0.2) is 17.0 Å². The van der Waals surface area contributed by atoms with Crippen molar-refractivity contribution in [3.05, 3.63) is 89.7 Å². The Morgan fingerprint density at radius 3 is 2.07 bits per heavy atom. The summed E-state index contributed by atoms with van der Waals surface area (Å²) in [5, 5.41) is 11.8. The van der Waals surface area contributed by atoms with Crippen LogP contribution in [0.4, 0.5) is 10.1 Å². The number of amides is 1. The summed E-state index contributed by atoms with van der Waals surface area (Å²) >= 11 is 0. The second kappa shape index (κ2) is 8.27. The Morgan fingerprint density at radius 2 is 1.44 bits per heavy atom. The standard InChI is InChI=1S/C22H18FNO3/c23-18-12-10-17(11-13-18)16-8-5-15(6-9-16)7-14-21(25)24-20-4-2-1-3-19(20)22(26)27/h1-6,8-13H,7,14H2,(H,24,25)(H,26,27). The molecular formula is C22H18FNO3. The topological polar surface area (TPSA) is 66.4 Å². The quantitative estimate of drug-likeness (QED) is 0.663. The third-order valence-corrected chi connectivity index (χ3v) is 4.20. The number of carbonyl (C=O) groups excluding carboxylic acids is 1. The molecule has 2 N–H and O–H groups in total. The first-order valence-electron chi connectivity index (χ1n) is 8.50. The summed E-state index contributed by atoms with van der Waals surface area (Å²) in [6.45, 7) is 0. The third kappa shape index (κ3) is 4.79. The molecule has 0 spiro atoms. The molecule has 0 saturated heterocycles. The lowest BCUT2D eigenvalue weighted by atomic mass is 10.0. The number of nitrogens with one attached hydrogen (secondary N) is 1. The number of para-hydroxylation sites is 1. The largest absolute Gasteiger partial charge is 0.478 e. The molecular weight excluding hydrogens is 345 g/mol. The van der Waals surface area contributed by atoms with Crippen LogP contribution < -0.4 is 5.32 Å². The van der Waals surface area contributed by atoms with Crippen molar-refractivity contribution in [1.82, 2.24) is 0 Å². The molecule has 0 aliphatic rings. The van der Waals surface area contributed by atoms with Crippen molar-refractivity contribution >= 4 is 17.6 Å². The lowest BCUT2D eigenvalue weighted by Gasteiger charge is -2.09. The highest BCUT2D eigenvalue weighted by molar-refractivity contribution is 6.00. The molecule has 0 fully saturated rings. The van der Waals surface area contributed by atoms with E-state index in [1.807, 2.05) is 24.3 Å². The van der Waals surface area contributed by atoms with Gasteiger partial charge in [-0.15, -0.1) is 0 Å².